The minimum Gasteiger partial charge on any atom is -0.394 e. The van der Waals surface area contributed by atoms with Gasteiger partial charge in [0.05, 0.1) is 28.9 Å². The van der Waals surface area contributed by atoms with Gasteiger partial charge in [-0.3, -0.25) is 0 Å². The molecule has 36 heavy (non-hydrogen) atoms. The van der Waals surface area contributed by atoms with Crippen LogP contribution in [-0.2, 0) is 4.74 Å². The summed E-state index contributed by atoms with van der Waals surface area (Å²) in [5.41, 5.74) is 1.00. The maximum absolute atomic E-state index is 13.7. The molecule has 190 valence electrons. The average molecular weight is 542 g/mol. The lowest BCUT2D eigenvalue weighted by Crippen LogP contribution is -2.49. The van der Waals surface area contributed by atoms with Crippen molar-refractivity contribution in [2.45, 2.75) is 30.8 Å². The Bertz CT molecular complexity index is 1280. The van der Waals surface area contributed by atoms with Crippen LogP contribution in [0.4, 0.5) is 18.9 Å². The zero-order valence-electron chi connectivity index (χ0n) is 18.4. The molecule has 0 bridgehead atoms. The molecule has 13 heteroatoms. The fourth-order valence-electron chi connectivity index (χ4n) is 3.90. The zero-order chi connectivity index (χ0) is 26.0. The van der Waals surface area contributed by atoms with E-state index in [4.69, 9.17) is 33.3 Å². The van der Waals surface area contributed by atoms with Gasteiger partial charge in [-0.15, -0.1) is 5.10 Å². The summed E-state index contributed by atoms with van der Waals surface area (Å²) < 4.78 is 47.9. The van der Waals surface area contributed by atoms with Crippen molar-refractivity contribution in [3.8, 4) is 11.3 Å². The predicted octanol–water partition coefficient (Wildman–Crippen LogP) is 4.37. The van der Waals surface area contributed by atoms with Crippen LogP contribution in [0.1, 0.15) is 12.5 Å². The van der Waals surface area contributed by atoms with Crippen molar-refractivity contribution in [3.05, 3.63) is 75.8 Å². The lowest BCUT2D eigenvalue weighted by atomic mass is 9.93. The van der Waals surface area contributed by atoms with Gasteiger partial charge in [-0.2, -0.15) is 0 Å². The highest BCUT2D eigenvalue weighted by atomic mass is 35.5. The van der Waals surface area contributed by atoms with E-state index in [0.717, 1.165) is 18.3 Å². The van der Waals surface area contributed by atoms with Crippen molar-refractivity contribution in [2.24, 2.45) is 0 Å². The first-order chi connectivity index (χ1) is 17.2. The molecule has 1 fully saturated rings. The Morgan fingerprint density at radius 1 is 1.19 bits per heavy atom. The molecule has 4 atom stereocenters. The number of rotatable bonds is 7. The first kappa shape index (κ1) is 26.1. The molecule has 0 saturated carbocycles. The van der Waals surface area contributed by atoms with Gasteiger partial charge in [0.15, 0.2) is 17.5 Å². The third kappa shape index (κ3) is 5.40. The molecule has 3 aromatic rings. The van der Waals surface area contributed by atoms with Crippen LogP contribution in [0.5, 0.6) is 0 Å². The quantitative estimate of drug-likeness (QED) is 0.261. The molecule has 0 aliphatic carbocycles. The summed E-state index contributed by atoms with van der Waals surface area (Å²) in [6.45, 7) is -0.519. The highest BCUT2D eigenvalue weighted by molar-refractivity contribution is 6.42. The van der Waals surface area contributed by atoms with Gasteiger partial charge in [-0.25, -0.2) is 17.9 Å². The fraction of sp³-hybridized carbons (Fsp3) is 0.261. The van der Waals surface area contributed by atoms with Crippen LogP contribution in [-0.4, -0.2) is 56.3 Å². The fourth-order valence-corrected chi connectivity index (χ4v) is 4.20. The smallest absolute Gasteiger partial charge is 0.194 e. The number of benzene rings is 2. The Labute approximate surface area is 213 Å². The summed E-state index contributed by atoms with van der Waals surface area (Å²) in [7, 11) is 0. The number of ether oxygens (including phenoxy) is 1. The summed E-state index contributed by atoms with van der Waals surface area (Å²) in [6, 6.07) is 5.66. The molecule has 2 aromatic carbocycles. The summed E-state index contributed by atoms with van der Waals surface area (Å²) in [4.78, 5) is 0. The minimum atomic E-state index is -1.60. The van der Waals surface area contributed by atoms with Crippen LogP contribution in [0.25, 0.3) is 11.3 Å². The molecule has 0 spiro atoms. The number of aromatic nitrogens is 3. The van der Waals surface area contributed by atoms with E-state index in [1.165, 1.54) is 17.0 Å². The normalized spacial score (nSPS) is 22.5. The number of hydrogen-bond donors (Lipinski definition) is 4. The Morgan fingerprint density at radius 3 is 2.56 bits per heavy atom. The standard InChI is InChI=1S/C23H20Cl2F3N5O3/c24-13-2-1-12(7-14(13)25)30-17(3-4-29)20-8-19(23(35)21(10-34)36-20)33-9-18(31-32-33)11-5-15(26)22(28)16(27)6-11/h1-7,9,19-21,23,29-30,34-35H,8,10H2/b17-3-,29-4?. The number of aliphatic hydroxyl groups excluding tert-OH is 2. The van der Waals surface area contributed by atoms with Crippen molar-refractivity contribution in [2.75, 3.05) is 11.9 Å². The molecule has 4 unspecified atom stereocenters. The highest BCUT2D eigenvalue weighted by Gasteiger charge is 2.40. The van der Waals surface area contributed by atoms with Gasteiger partial charge >= 0.3 is 0 Å². The van der Waals surface area contributed by atoms with Gasteiger partial charge in [0, 0.05) is 29.6 Å². The van der Waals surface area contributed by atoms with E-state index in [0.29, 0.717) is 21.4 Å². The lowest BCUT2D eigenvalue weighted by molar-refractivity contribution is -0.145. The van der Waals surface area contributed by atoms with E-state index < -0.39 is 48.4 Å². The third-order valence-corrected chi connectivity index (χ3v) is 6.44. The molecule has 8 nitrogen and oxygen atoms in total. The summed E-state index contributed by atoms with van der Waals surface area (Å²) in [5, 5.41) is 39.8. The van der Waals surface area contributed by atoms with Crippen molar-refractivity contribution in [1.29, 1.82) is 5.41 Å². The Hall–Kier alpha value is -2.96. The number of hydrogen-bond acceptors (Lipinski definition) is 7. The van der Waals surface area contributed by atoms with Crippen LogP contribution in [0.15, 0.2) is 48.3 Å². The van der Waals surface area contributed by atoms with Crippen molar-refractivity contribution < 1.29 is 28.1 Å². The number of anilines is 1. The lowest BCUT2D eigenvalue weighted by Gasteiger charge is -2.39. The predicted molar refractivity (Wildman–Crippen MR) is 128 cm³/mol. The summed E-state index contributed by atoms with van der Waals surface area (Å²) in [5.74, 6) is -4.35. The number of halogens is 5. The Morgan fingerprint density at radius 2 is 1.92 bits per heavy atom. The molecule has 1 aromatic heterocycles. The van der Waals surface area contributed by atoms with Gasteiger partial charge in [0.25, 0.3) is 0 Å². The number of aliphatic hydroxyl groups is 2. The zero-order valence-corrected chi connectivity index (χ0v) is 19.9. The molecule has 1 aliphatic rings. The van der Waals surface area contributed by atoms with Crippen molar-refractivity contribution >= 4 is 35.1 Å². The average Bonchev–Trinajstić information content (AvgIpc) is 3.34. The molecule has 0 amide bonds. The second-order valence-corrected chi connectivity index (χ2v) is 8.83. The molecule has 4 rings (SSSR count). The second kappa shape index (κ2) is 11.0. The SMILES string of the molecule is N=C/C=C(\Nc1ccc(Cl)c(Cl)c1)C1CC(n2cc(-c3cc(F)c(F)c(F)c3)nn2)C(O)C(CO)O1. The van der Waals surface area contributed by atoms with E-state index in [-0.39, 0.29) is 17.7 Å². The number of nitrogens with one attached hydrogen (secondary N) is 2. The van der Waals surface area contributed by atoms with Crippen LogP contribution in [0.3, 0.4) is 0 Å². The molecule has 1 saturated heterocycles. The Balaban J connectivity index is 1.62. The largest absolute Gasteiger partial charge is 0.394 e. The summed E-state index contributed by atoms with van der Waals surface area (Å²) >= 11 is 12.1. The first-order valence-electron chi connectivity index (χ1n) is 10.7. The van der Waals surface area contributed by atoms with Crippen LogP contribution in [0, 0.1) is 22.9 Å². The van der Waals surface area contributed by atoms with Crippen LogP contribution >= 0.6 is 23.2 Å². The second-order valence-electron chi connectivity index (χ2n) is 8.02. The molecule has 4 N–H and O–H groups in total. The molecule has 0 radical (unpaired) electrons. The van der Waals surface area contributed by atoms with E-state index in [9.17, 15) is 23.4 Å². The van der Waals surface area contributed by atoms with Gasteiger partial charge in [0.1, 0.15) is 24.0 Å². The number of nitrogens with zero attached hydrogens (tertiary/aromatic N) is 3. The van der Waals surface area contributed by atoms with Gasteiger partial charge in [-0.05, 0) is 36.4 Å². The topological polar surface area (TPSA) is 116 Å². The summed E-state index contributed by atoms with van der Waals surface area (Å²) in [6.07, 6.45) is 1.000. The first-order valence-corrected chi connectivity index (χ1v) is 11.4. The van der Waals surface area contributed by atoms with Crippen LogP contribution in [0.2, 0.25) is 10.0 Å². The van der Waals surface area contributed by atoms with E-state index in [1.807, 2.05) is 0 Å². The molecular formula is C23H20Cl2F3N5O3. The number of allylic oxidation sites excluding steroid dienone is 1. The molecule has 2 heterocycles. The van der Waals surface area contributed by atoms with Gasteiger partial charge in [-0.1, -0.05) is 28.4 Å². The Kier molecular flexibility index (Phi) is 7.96. The van der Waals surface area contributed by atoms with Gasteiger partial charge in [0.2, 0.25) is 0 Å². The minimum absolute atomic E-state index is 0.0415. The highest BCUT2D eigenvalue weighted by Crippen LogP contribution is 2.34. The van der Waals surface area contributed by atoms with Crippen molar-refractivity contribution in [3.63, 3.8) is 0 Å². The van der Waals surface area contributed by atoms with Gasteiger partial charge < -0.3 is 25.7 Å². The van der Waals surface area contributed by atoms with Crippen LogP contribution < -0.4 is 5.32 Å². The molecule has 1 aliphatic heterocycles. The van der Waals surface area contributed by atoms with Crippen molar-refractivity contribution in [1.82, 2.24) is 15.0 Å². The third-order valence-electron chi connectivity index (χ3n) is 5.70. The van der Waals surface area contributed by atoms with E-state index in [1.54, 1.807) is 18.2 Å². The molecular weight excluding hydrogens is 522 g/mol. The maximum atomic E-state index is 13.7. The maximum Gasteiger partial charge on any atom is 0.194 e. The van der Waals surface area contributed by atoms with E-state index >= 15 is 0 Å². The monoisotopic (exact) mass is 541 g/mol. The van der Waals surface area contributed by atoms with E-state index in [2.05, 4.69) is 15.6 Å².